The van der Waals surface area contributed by atoms with E-state index in [2.05, 4.69) is 5.32 Å². The zero-order valence-electron chi connectivity index (χ0n) is 12.2. The number of amides is 1. The second kappa shape index (κ2) is 5.82. The van der Waals surface area contributed by atoms with Crippen molar-refractivity contribution < 1.29 is 4.79 Å². The summed E-state index contributed by atoms with van der Waals surface area (Å²) in [5.74, 6) is 1.11. The number of halogens is 1. The third-order valence-electron chi connectivity index (χ3n) is 4.86. The molecule has 3 atom stereocenters. The fourth-order valence-corrected chi connectivity index (χ4v) is 4.60. The van der Waals surface area contributed by atoms with Gasteiger partial charge in [-0.3, -0.25) is 4.79 Å². The summed E-state index contributed by atoms with van der Waals surface area (Å²) in [7, 11) is 0. The maximum absolute atomic E-state index is 12.7. The molecule has 3 unspecified atom stereocenters. The van der Waals surface area contributed by atoms with Crippen LogP contribution >= 0.6 is 23.4 Å². The van der Waals surface area contributed by atoms with Crippen molar-refractivity contribution >= 4 is 29.3 Å². The standard InChI is InChI=1S/C16H21ClN2OS/c1-16(7-2-3-14(16)18)15(20)19-12-6-8-21-13-5-4-10(17)9-11(12)13/h4-5,9,12,14H,2-3,6-8,18H2,1H3,(H,19,20). The molecule has 1 aliphatic heterocycles. The summed E-state index contributed by atoms with van der Waals surface area (Å²) in [6.07, 6.45) is 3.79. The molecule has 1 heterocycles. The number of hydrogen-bond donors (Lipinski definition) is 2. The van der Waals surface area contributed by atoms with E-state index in [0.29, 0.717) is 0 Å². The van der Waals surface area contributed by atoms with Gasteiger partial charge in [0.05, 0.1) is 11.5 Å². The van der Waals surface area contributed by atoms with Gasteiger partial charge in [-0.2, -0.15) is 0 Å². The second-order valence-electron chi connectivity index (χ2n) is 6.26. The predicted octanol–water partition coefficient (Wildman–Crippen LogP) is 3.51. The van der Waals surface area contributed by atoms with E-state index in [1.54, 1.807) is 0 Å². The quantitative estimate of drug-likeness (QED) is 0.875. The number of carbonyl (C=O) groups excluding carboxylic acids is 1. The monoisotopic (exact) mass is 324 g/mol. The number of benzene rings is 1. The highest BCUT2D eigenvalue weighted by atomic mass is 35.5. The van der Waals surface area contributed by atoms with Gasteiger partial charge in [-0.1, -0.05) is 18.0 Å². The van der Waals surface area contributed by atoms with Crippen LogP contribution in [-0.4, -0.2) is 17.7 Å². The molecule has 1 aromatic carbocycles. The Bertz CT molecular complexity index is 565. The summed E-state index contributed by atoms with van der Waals surface area (Å²) in [5.41, 5.74) is 6.87. The minimum absolute atomic E-state index is 0.0331. The zero-order valence-corrected chi connectivity index (χ0v) is 13.8. The van der Waals surface area contributed by atoms with Crippen LogP contribution in [0.15, 0.2) is 23.1 Å². The molecule has 1 fully saturated rings. The van der Waals surface area contributed by atoms with Gasteiger partial charge in [-0.05, 0) is 49.9 Å². The van der Waals surface area contributed by atoms with E-state index in [4.69, 9.17) is 17.3 Å². The molecule has 0 radical (unpaired) electrons. The summed E-state index contributed by atoms with van der Waals surface area (Å²) in [6, 6.07) is 5.95. The lowest BCUT2D eigenvalue weighted by molar-refractivity contribution is -0.131. The van der Waals surface area contributed by atoms with Crippen molar-refractivity contribution in [1.29, 1.82) is 0 Å². The third kappa shape index (κ3) is 2.81. The van der Waals surface area contributed by atoms with E-state index in [-0.39, 0.29) is 18.0 Å². The molecule has 1 aromatic rings. The Morgan fingerprint density at radius 1 is 1.48 bits per heavy atom. The number of thioether (sulfide) groups is 1. The summed E-state index contributed by atoms with van der Waals surface area (Å²) in [5, 5.41) is 3.95. The summed E-state index contributed by atoms with van der Waals surface area (Å²) < 4.78 is 0. The molecule has 3 N–H and O–H groups in total. The average molecular weight is 325 g/mol. The zero-order chi connectivity index (χ0) is 15.0. The van der Waals surface area contributed by atoms with E-state index in [1.165, 1.54) is 4.90 Å². The van der Waals surface area contributed by atoms with E-state index in [0.717, 1.165) is 42.0 Å². The minimum Gasteiger partial charge on any atom is -0.349 e. The van der Waals surface area contributed by atoms with E-state index in [1.807, 2.05) is 36.9 Å². The molecule has 114 valence electrons. The van der Waals surface area contributed by atoms with Gasteiger partial charge in [-0.25, -0.2) is 0 Å². The predicted molar refractivity (Wildman–Crippen MR) is 87.6 cm³/mol. The van der Waals surface area contributed by atoms with Crippen LogP contribution in [0.2, 0.25) is 5.02 Å². The largest absolute Gasteiger partial charge is 0.349 e. The molecule has 3 rings (SSSR count). The van der Waals surface area contributed by atoms with Gasteiger partial charge in [0.15, 0.2) is 0 Å². The first kappa shape index (κ1) is 15.2. The molecule has 5 heteroatoms. The first-order valence-corrected chi connectivity index (χ1v) is 8.86. The van der Waals surface area contributed by atoms with Crippen LogP contribution < -0.4 is 11.1 Å². The topological polar surface area (TPSA) is 55.1 Å². The lowest BCUT2D eigenvalue weighted by atomic mass is 9.83. The molecule has 0 saturated heterocycles. The van der Waals surface area contributed by atoms with Crippen LogP contribution in [0, 0.1) is 5.41 Å². The SMILES string of the molecule is CC1(C(=O)NC2CCSc3ccc(Cl)cc32)CCCC1N. The minimum atomic E-state index is -0.427. The highest BCUT2D eigenvalue weighted by Crippen LogP contribution is 2.40. The third-order valence-corrected chi connectivity index (χ3v) is 6.22. The maximum atomic E-state index is 12.7. The van der Waals surface area contributed by atoms with E-state index >= 15 is 0 Å². The smallest absolute Gasteiger partial charge is 0.227 e. The summed E-state index contributed by atoms with van der Waals surface area (Å²) in [6.45, 7) is 2.00. The number of carbonyl (C=O) groups is 1. The van der Waals surface area contributed by atoms with Crippen LogP contribution in [0.1, 0.15) is 44.2 Å². The Labute approximate surface area is 135 Å². The van der Waals surface area contributed by atoms with Crippen molar-refractivity contribution in [1.82, 2.24) is 5.32 Å². The lowest BCUT2D eigenvalue weighted by Crippen LogP contribution is -2.48. The van der Waals surface area contributed by atoms with Gasteiger partial charge < -0.3 is 11.1 Å². The molecule has 3 nitrogen and oxygen atoms in total. The van der Waals surface area contributed by atoms with Gasteiger partial charge in [0.2, 0.25) is 5.91 Å². The fraction of sp³-hybridized carbons (Fsp3) is 0.562. The molecule has 1 aliphatic carbocycles. The fourth-order valence-electron chi connectivity index (χ4n) is 3.31. The Morgan fingerprint density at radius 2 is 2.29 bits per heavy atom. The van der Waals surface area contributed by atoms with Crippen molar-refractivity contribution in [2.75, 3.05) is 5.75 Å². The summed E-state index contributed by atoms with van der Waals surface area (Å²) in [4.78, 5) is 13.9. The molecule has 0 spiro atoms. The second-order valence-corrected chi connectivity index (χ2v) is 7.83. The van der Waals surface area contributed by atoms with E-state index < -0.39 is 5.41 Å². The maximum Gasteiger partial charge on any atom is 0.227 e. The van der Waals surface area contributed by atoms with Gasteiger partial charge in [0.25, 0.3) is 0 Å². The molecule has 0 aromatic heterocycles. The van der Waals surface area contributed by atoms with Crippen LogP contribution in [-0.2, 0) is 4.79 Å². The Hall–Kier alpha value is -0.710. The van der Waals surface area contributed by atoms with Crippen LogP contribution in [0.4, 0.5) is 0 Å². The Balaban J connectivity index is 1.80. The average Bonchev–Trinajstić information content (AvgIpc) is 2.80. The van der Waals surface area contributed by atoms with Crippen molar-refractivity contribution in [2.24, 2.45) is 11.1 Å². The van der Waals surface area contributed by atoms with Crippen molar-refractivity contribution in [3.63, 3.8) is 0 Å². The number of rotatable bonds is 2. The molecule has 1 amide bonds. The number of nitrogens with two attached hydrogens (primary N) is 1. The first-order valence-electron chi connectivity index (χ1n) is 7.49. The highest BCUT2D eigenvalue weighted by Gasteiger charge is 2.43. The van der Waals surface area contributed by atoms with Gasteiger partial charge in [0, 0.05) is 21.7 Å². The summed E-state index contributed by atoms with van der Waals surface area (Å²) >= 11 is 7.94. The lowest BCUT2D eigenvalue weighted by Gasteiger charge is -2.32. The van der Waals surface area contributed by atoms with Gasteiger partial charge >= 0.3 is 0 Å². The molecule has 2 aliphatic rings. The van der Waals surface area contributed by atoms with E-state index in [9.17, 15) is 4.79 Å². The Kier molecular flexibility index (Phi) is 4.21. The number of nitrogens with one attached hydrogen (secondary N) is 1. The van der Waals surface area contributed by atoms with Crippen molar-refractivity contribution in [3.05, 3.63) is 28.8 Å². The van der Waals surface area contributed by atoms with Crippen LogP contribution in [0.5, 0.6) is 0 Å². The van der Waals surface area contributed by atoms with Crippen LogP contribution in [0.3, 0.4) is 0 Å². The number of hydrogen-bond acceptors (Lipinski definition) is 3. The molecule has 21 heavy (non-hydrogen) atoms. The van der Waals surface area contributed by atoms with Gasteiger partial charge in [0.1, 0.15) is 0 Å². The van der Waals surface area contributed by atoms with Crippen molar-refractivity contribution in [2.45, 2.75) is 49.6 Å². The van der Waals surface area contributed by atoms with Gasteiger partial charge in [-0.15, -0.1) is 11.8 Å². The van der Waals surface area contributed by atoms with Crippen LogP contribution in [0.25, 0.3) is 0 Å². The Morgan fingerprint density at radius 3 is 3.00 bits per heavy atom. The first-order chi connectivity index (χ1) is 10.0. The molecular weight excluding hydrogens is 304 g/mol. The highest BCUT2D eigenvalue weighted by molar-refractivity contribution is 7.99. The number of fused-ring (bicyclic) bond motifs is 1. The normalized spacial score (nSPS) is 31.8. The molecule has 1 saturated carbocycles. The molecular formula is C16H21ClN2OS. The van der Waals surface area contributed by atoms with Crippen molar-refractivity contribution in [3.8, 4) is 0 Å². The molecule has 0 bridgehead atoms.